The molecule has 0 saturated carbocycles. The Bertz CT molecular complexity index is 257. The third kappa shape index (κ3) is 2.52. The summed E-state index contributed by atoms with van der Waals surface area (Å²) in [7, 11) is 0. The largest absolute Gasteiger partial charge is 0.338 e. The maximum absolute atomic E-state index is 5.12. The van der Waals surface area contributed by atoms with Crippen LogP contribution in [0.15, 0.2) is 4.52 Å². The Kier molecular flexibility index (Phi) is 3.42. The van der Waals surface area contributed by atoms with Gasteiger partial charge in [0, 0.05) is 0 Å². The van der Waals surface area contributed by atoms with Gasteiger partial charge in [-0.15, -0.1) is 0 Å². The van der Waals surface area contributed by atoms with Crippen molar-refractivity contribution in [3.8, 4) is 0 Å². The summed E-state index contributed by atoms with van der Waals surface area (Å²) in [5.74, 6) is 1.84. The molecule has 74 valence electrons. The number of hydrogen-bond acceptors (Lipinski definition) is 4. The van der Waals surface area contributed by atoms with Gasteiger partial charge in [0.2, 0.25) is 5.89 Å². The lowest BCUT2D eigenvalue weighted by Crippen LogP contribution is -2.25. The van der Waals surface area contributed by atoms with Gasteiger partial charge in [-0.25, -0.2) is 0 Å². The normalized spacial score (nSPS) is 13.6. The molecule has 1 aromatic heterocycles. The lowest BCUT2D eigenvalue weighted by Gasteiger charge is -2.16. The fourth-order valence-electron chi connectivity index (χ4n) is 1.27. The number of hydrogen-bond donors (Lipinski definition) is 1. The van der Waals surface area contributed by atoms with E-state index >= 15 is 0 Å². The average molecular weight is 183 g/mol. The zero-order valence-corrected chi connectivity index (χ0v) is 8.66. The summed E-state index contributed by atoms with van der Waals surface area (Å²) in [6.45, 7) is 9.07. The molecule has 0 aromatic carbocycles. The zero-order valence-electron chi connectivity index (χ0n) is 8.66. The minimum atomic E-state index is 0.172. The van der Waals surface area contributed by atoms with Gasteiger partial charge >= 0.3 is 0 Å². The lowest BCUT2D eigenvalue weighted by atomic mass is 10.0. The van der Waals surface area contributed by atoms with E-state index in [0.29, 0.717) is 17.6 Å². The van der Waals surface area contributed by atoms with Gasteiger partial charge in [-0.1, -0.05) is 25.9 Å². The number of nitrogens with zero attached hydrogens (tertiary/aromatic N) is 2. The Morgan fingerprint density at radius 1 is 1.46 bits per heavy atom. The van der Waals surface area contributed by atoms with Crippen molar-refractivity contribution in [3.63, 3.8) is 0 Å². The van der Waals surface area contributed by atoms with Gasteiger partial charge in [-0.3, -0.25) is 0 Å². The van der Waals surface area contributed by atoms with E-state index < -0.39 is 0 Å². The lowest BCUT2D eigenvalue weighted by molar-refractivity contribution is 0.291. The maximum Gasteiger partial charge on any atom is 0.244 e. The maximum atomic E-state index is 5.12. The quantitative estimate of drug-likeness (QED) is 0.771. The van der Waals surface area contributed by atoms with Gasteiger partial charge in [-0.05, 0) is 19.4 Å². The number of rotatable bonds is 4. The van der Waals surface area contributed by atoms with Crippen LogP contribution in [-0.4, -0.2) is 16.7 Å². The molecule has 1 rings (SSSR count). The Labute approximate surface area is 78.7 Å². The summed E-state index contributed by atoms with van der Waals surface area (Å²) >= 11 is 0. The molecule has 0 amide bonds. The second-order valence-electron chi connectivity index (χ2n) is 3.46. The van der Waals surface area contributed by atoms with E-state index in [9.17, 15) is 0 Å². The van der Waals surface area contributed by atoms with Crippen LogP contribution < -0.4 is 5.32 Å². The molecule has 1 atom stereocenters. The molecule has 0 saturated heterocycles. The summed E-state index contributed by atoms with van der Waals surface area (Å²) in [5, 5.41) is 7.09. The predicted molar refractivity (Wildman–Crippen MR) is 50.3 cm³/mol. The van der Waals surface area contributed by atoms with E-state index in [2.05, 4.69) is 36.2 Å². The van der Waals surface area contributed by atoms with Gasteiger partial charge in [0.05, 0.1) is 6.04 Å². The third-order valence-corrected chi connectivity index (χ3v) is 1.90. The standard InChI is InChI=1S/C9H17N3O/c1-5-10-8(6(2)3)9-11-7(4)12-13-9/h6,8,10H,5H2,1-4H3/t8-/m1/s1. The van der Waals surface area contributed by atoms with Gasteiger partial charge in [0.25, 0.3) is 0 Å². The SMILES string of the molecule is CCN[C@@H](c1nc(C)no1)C(C)C. The second-order valence-corrected chi connectivity index (χ2v) is 3.46. The summed E-state index contributed by atoms with van der Waals surface area (Å²) in [5.41, 5.74) is 0. The van der Waals surface area contributed by atoms with E-state index in [-0.39, 0.29) is 6.04 Å². The molecule has 4 nitrogen and oxygen atoms in total. The van der Waals surface area contributed by atoms with Crippen LogP contribution in [0.5, 0.6) is 0 Å². The highest BCUT2D eigenvalue weighted by Crippen LogP contribution is 2.19. The van der Waals surface area contributed by atoms with E-state index in [4.69, 9.17) is 4.52 Å². The molecule has 1 heterocycles. The van der Waals surface area contributed by atoms with Crippen LogP contribution in [0.2, 0.25) is 0 Å². The van der Waals surface area contributed by atoms with Crippen molar-refractivity contribution in [2.75, 3.05) is 6.54 Å². The number of aryl methyl sites for hydroxylation is 1. The first kappa shape index (κ1) is 10.2. The molecule has 0 aliphatic rings. The van der Waals surface area contributed by atoms with Crippen molar-refractivity contribution in [1.82, 2.24) is 15.5 Å². The first-order chi connectivity index (χ1) is 6.15. The highest BCUT2D eigenvalue weighted by Gasteiger charge is 2.20. The van der Waals surface area contributed by atoms with Crippen LogP contribution >= 0.6 is 0 Å². The topological polar surface area (TPSA) is 51.0 Å². The summed E-state index contributed by atoms with van der Waals surface area (Å²) in [6, 6.07) is 0.172. The van der Waals surface area contributed by atoms with Crippen molar-refractivity contribution in [3.05, 3.63) is 11.7 Å². The second kappa shape index (κ2) is 4.37. The molecule has 0 fully saturated rings. The van der Waals surface area contributed by atoms with Crippen LogP contribution in [0.1, 0.15) is 38.5 Å². The third-order valence-electron chi connectivity index (χ3n) is 1.90. The van der Waals surface area contributed by atoms with Gasteiger partial charge in [-0.2, -0.15) is 4.98 Å². The molecule has 0 aliphatic carbocycles. The Morgan fingerprint density at radius 2 is 2.15 bits per heavy atom. The minimum Gasteiger partial charge on any atom is -0.338 e. The molecule has 4 heteroatoms. The molecule has 0 bridgehead atoms. The first-order valence-electron chi connectivity index (χ1n) is 4.68. The molecule has 0 aliphatic heterocycles. The first-order valence-corrected chi connectivity index (χ1v) is 4.68. The van der Waals surface area contributed by atoms with Gasteiger partial charge < -0.3 is 9.84 Å². The molecular weight excluding hydrogens is 166 g/mol. The number of aromatic nitrogens is 2. The summed E-state index contributed by atoms with van der Waals surface area (Å²) < 4.78 is 5.12. The van der Waals surface area contributed by atoms with E-state index in [0.717, 1.165) is 6.54 Å². The number of nitrogens with one attached hydrogen (secondary N) is 1. The molecule has 13 heavy (non-hydrogen) atoms. The molecule has 0 spiro atoms. The minimum absolute atomic E-state index is 0.172. The van der Waals surface area contributed by atoms with E-state index in [1.54, 1.807) is 0 Å². The van der Waals surface area contributed by atoms with Crippen molar-refractivity contribution in [2.24, 2.45) is 5.92 Å². The molecule has 1 aromatic rings. The van der Waals surface area contributed by atoms with Crippen molar-refractivity contribution < 1.29 is 4.52 Å². The summed E-state index contributed by atoms with van der Waals surface area (Å²) in [6.07, 6.45) is 0. The summed E-state index contributed by atoms with van der Waals surface area (Å²) in [4.78, 5) is 4.21. The fraction of sp³-hybridized carbons (Fsp3) is 0.778. The molecular formula is C9H17N3O. The van der Waals surface area contributed by atoms with Crippen LogP contribution in [0.25, 0.3) is 0 Å². The molecule has 1 N–H and O–H groups in total. The Hall–Kier alpha value is -0.900. The van der Waals surface area contributed by atoms with Gasteiger partial charge in [0.1, 0.15) is 0 Å². The van der Waals surface area contributed by atoms with Crippen LogP contribution in [-0.2, 0) is 0 Å². The van der Waals surface area contributed by atoms with E-state index in [1.165, 1.54) is 0 Å². The van der Waals surface area contributed by atoms with Crippen molar-refractivity contribution >= 4 is 0 Å². The zero-order chi connectivity index (χ0) is 9.84. The van der Waals surface area contributed by atoms with Crippen LogP contribution in [0.4, 0.5) is 0 Å². The highest BCUT2D eigenvalue weighted by atomic mass is 16.5. The highest BCUT2D eigenvalue weighted by molar-refractivity contribution is 4.92. The van der Waals surface area contributed by atoms with Gasteiger partial charge in [0.15, 0.2) is 5.82 Å². The van der Waals surface area contributed by atoms with Crippen LogP contribution in [0, 0.1) is 12.8 Å². The predicted octanol–water partition coefficient (Wildman–Crippen LogP) is 1.68. The fourth-order valence-corrected chi connectivity index (χ4v) is 1.27. The van der Waals surface area contributed by atoms with Crippen LogP contribution in [0.3, 0.4) is 0 Å². The molecule has 0 radical (unpaired) electrons. The Balaban J connectivity index is 2.75. The smallest absolute Gasteiger partial charge is 0.244 e. The average Bonchev–Trinajstić information content (AvgIpc) is 2.46. The van der Waals surface area contributed by atoms with Crippen molar-refractivity contribution in [2.45, 2.75) is 33.7 Å². The molecule has 0 unspecified atom stereocenters. The monoisotopic (exact) mass is 183 g/mol. The van der Waals surface area contributed by atoms with Crippen molar-refractivity contribution in [1.29, 1.82) is 0 Å². The van der Waals surface area contributed by atoms with E-state index in [1.807, 2.05) is 6.92 Å². The Morgan fingerprint density at radius 3 is 2.54 bits per heavy atom.